The number of aliphatic hydroxyl groups excluding tert-OH is 1. The van der Waals surface area contributed by atoms with Crippen molar-refractivity contribution in [3.05, 3.63) is 0 Å². The molecule has 17 nitrogen and oxygen atoms in total. The summed E-state index contributed by atoms with van der Waals surface area (Å²) in [5, 5.41) is 10.6. The number of phosphoric ester groups is 2. The molecule has 0 aliphatic heterocycles. The molecule has 0 saturated heterocycles. The Hall–Kier alpha value is -1.94. The van der Waals surface area contributed by atoms with Gasteiger partial charge < -0.3 is 33.8 Å². The minimum Gasteiger partial charge on any atom is -0.462 e. The zero-order valence-electron chi connectivity index (χ0n) is 56.2. The smallest absolute Gasteiger partial charge is 0.462 e. The number of esters is 4. The first-order valence-corrected chi connectivity index (χ1v) is 38.6. The van der Waals surface area contributed by atoms with Crippen LogP contribution in [0.1, 0.15) is 349 Å². The summed E-state index contributed by atoms with van der Waals surface area (Å²) in [7, 11) is -9.89. The maximum atomic E-state index is 13.0. The van der Waals surface area contributed by atoms with E-state index in [1.165, 1.54) is 173 Å². The molecule has 0 aromatic rings. The van der Waals surface area contributed by atoms with Gasteiger partial charge >= 0.3 is 39.5 Å². The van der Waals surface area contributed by atoms with Crippen LogP contribution in [0.4, 0.5) is 0 Å². The fraction of sp³-hybridized carbons (Fsp3) is 0.941. The standard InChI is InChI=1S/C68H132O17P2/c1-6-9-12-15-18-21-23-25-27-29-31-34-37-43-48-53-67(72)84-63(57-79-66(71)52-47-42-36-33-30-28-26-24-22-19-16-13-10-7-2)59-82-86(74,75)80-55-62(69)56-81-87(76,77)83-60-64(85-68(73)54-49-44-39-38-40-45-50-61(4)5)58-78-65(70)51-46-41-35-32-20-17-14-11-8-3/h61-64,69H,6-60H2,1-5H3,(H,74,75)(H,76,77)/t62-,63-,64-/m1/s1. The average molecular weight is 1280 g/mol. The van der Waals surface area contributed by atoms with Crippen molar-refractivity contribution in [1.29, 1.82) is 0 Å². The summed E-state index contributed by atoms with van der Waals surface area (Å²) in [5.74, 6) is -1.46. The van der Waals surface area contributed by atoms with Crippen molar-refractivity contribution in [2.75, 3.05) is 39.6 Å². The molecule has 19 heteroatoms. The van der Waals surface area contributed by atoms with Crippen molar-refractivity contribution in [3.63, 3.8) is 0 Å². The molecular weight excluding hydrogens is 1150 g/mol. The van der Waals surface area contributed by atoms with Crippen molar-refractivity contribution in [1.82, 2.24) is 0 Å². The number of unbranched alkanes of at least 4 members (excludes halogenated alkanes) is 40. The Morgan fingerprint density at radius 2 is 0.529 bits per heavy atom. The van der Waals surface area contributed by atoms with Gasteiger partial charge in [0.2, 0.25) is 0 Å². The Balaban J connectivity index is 5.22. The van der Waals surface area contributed by atoms with Gasteiger partial charge in [-0.25, -0.2) is 9.13 Å². The predicted octanol–water partition coefficient (Wildman–Crippen LogP) is 19.4. The van der Waals surface area contributed by atoms with Crippen LogP contribution < -0.4 is 0 Å². The fourth-order valence-electron chi connectivity index (χ4n) is 10.3. The van der Waals surface area contributed by atoms with Gasteiger partial charge in [0.25, 0.3) is 0 Å². The largest absolute Gasteiger partial charge is 0.472 e. The molecule has 0 amide bonds. The maximum absolute atomic E-state index is 13.0. The Labute approximate surface area is 530 Å². The Morgan fingerprint density at radius 3 is 0.782 bits per heavy atom. The molecule has 0 heterocycles. The summed E-state index contributed by atoms with van der Waals surface area (Å²) in [6.45, 7) is 7.13. The first kappa shape index (κ1) is 85.1. The highest BCUT2D eigenvalue weighted by atomic mass is 31.2. The van der Waals surface area contributed by atoms with Crippen LogP contribution in [0.5, 0.6) is 0 Å². The number of aliphatic hydroxyl groups is 1. The van der Waals surface area contributed by atoms with Crippen LogP contribution in [0.15, 0.2) is 0 Å². The first-order valence-electron chi connectivity index (χ1n) is 35.6. The van der Waals surface area contributed by atoms with Crippen molar-refractivity contribution in [2.45, 2.75) is 368 Å². The molecular formula is C68H132O17P2. The Bertz CT molecular complexity index is 1690. The van der Waals surface area contributed by atoms with Crippen LogP contribution in [0.2, 0.25) is 0 Å². The lowest BCUT2D eigenvalue weighted by Crippen LogP contribution is -2.30. The Morgan fingerprint density at radius 1 is 0.310 bits per heavy atom. The van der Waals surface area contributed by atoms with Gasteiger partial charge in [-0.05, 0) is 31.6 Å². The number of carbonyl (C=O) groups is 4. The number of hydrogen-bond acceptors (Lipinski definition) is 15. The van der Waals surface area contributed by atoms with E-state index >= 15 is 0 Å². The first-order chi connectivity index (χ1) is 42.0. The molecule has 0 spiro atoms. The lowest BCUT2D eigenvalue weighted by Gasteiger charge is -2.21. The molecule has 0 aromatic heterocycles. The summed E-state index contributed by atoms with van der Waals surface area (Å²) >= 11 is 0. The summed E-state index contributed by atoms with van der Waals surface area (Å²) in [6, 6.07) is 0. The van der Waals surface area contributed by atoms with E-state index in [1.807, 2.05) is 0 Å². The molecule has 2 unspecified atom stereocenters. The normalized spacial score (nSPS) is 14.1. The third-order valence-corrected chi connectivity index (χ3v) is 17.7. The van der Waals surface area contributed by atoms with Gasteiger partial charge in [0.05, 0.1) is 26.4 Å². The van der Waals surface area contributed by atoms with E-state index in [1.54, 1.807) is 0 Å². The van der Waals surface area contributed by atoms with Crippen LogP contribution in [0, 0.1) is 5.92 Å². The van der Waals surface area contributed by atoms with Gasteiger partial charge in [0, 0.05) is 25.7 Å². The number of carbonyl (C=O) groups excluding carboxylic acids is 4. The van der Waals surface area contributed by atoms with Crippen LogP contribution in [-0.4, -0.2) is 96.7 Å². The highest BCUT2D eigenvalue weighted by Crippen LogP contribution is 2.45. The van der Waals surface area contributed by atoms with Crippen LogP contribution in [-0.2, 0) is 65.4 Å². The van der Waals surface area contributed by atoms with Gasteiger partial charge in [-0.1, -0.05) is 298 Å². The molecule has 0 rings (SSSR count). The second-order valence-electron chi connectivity index (χ2n) is 25.0. The van der Waals surface area contributed by atoms with E-state index in [2.05, 4.69) is 34.6 Å². The molecule has 87 heavy (non-hydrogen) atoms. The van der Waals surface area contributed by atoms with Crippen LogP contribution >= 0.6 is 15.6 Å². The van der Waals surface area contributed by atoms with Gasteiger partial charge in [-0.15, -0.1) is 0 Å². The van der Waals surface area contributed by atoms with Crippen molar-refractivity contribution in [2.24, 2.45) is 5.92 Å². The molecule has 0 aliphatic carbocycles. The maximum Gasteiger partial charge on any atom is 0.472 e. The predicted molar refractivity (Wildman–Crippen MR) is 349 cm³/mol. The molecule has 0 aliphatic rings. The number of hydrogen-bond donors (Lipinski definition) is 3. The molecule has 0 fully saturated rings. The molecule has 516 valence electrons. The van der Waals surface area contributed by atoms with Crippen molar-refractivity contribution >= 4 is 39.5 Å². The lowest BCUT2D eigenvalue weighted by molar-refractivity contribution is -0.161. The summed E-state index contributed by atoms with van der Waals surface area (Å²) in [6.07, 6.45) is 47.3. The second-order valence-corrected chi connectivity index (χ2v) is 27.9. The van der Waals surface area contributed by atoms with Crippen LogP contribution in [0.25, 0.3) is 0 Å². The number of phosphoric acid groups is 2. The monoisotopic (exact) mass is 1280 g/mol. The highest BCUT2D eigenvalue weighted by Gasteiger charge is 2.30. The summed E-state index contributed by atoms with van der Waals surface area (Å²) in [4.78, 5) is 72.3. The van der Waals surface area contributed by atoms with Gasteiger partial charge in [0.15, 0.2) is 12.2 Å². The third-order valence-electron chi connectivity index (χ3n) is 15.8. The number of rotatable bonds is 68. The molecule has 0 bridgehead atoms. The molecule has 3 N–H and O–H groups in total. The van der Waals surface area contributed by atoms with Gasteiger partial charge in [0.1, 0.15) is 19.3 Å². The SMILES string of the molecule is CCCCCCCCCCCCCCCCCC(=O)O[C@H](COC(=O)CCCCCCCCCCCCCCCC)COP(=O)(O)OC[C@@H](O)COP(=O)(O)OC[C@@H](COC(=O)CCCCCCCCCCC)OC(=O)CCCCCCCCC(C)C. The minimum atomic E-state index is -4.95. The molecule has 5 atom stereocenters. The van der Waals surface area contributed by atoms with E-state index in [0.29, 0.717) is 31.6 Å². The quantitative estimate of drug-likeness (QED) is 0.0222. The van der Waals surface area contributed by atoms with E-state index in [9.17, 15) is 43.2 Å². The number of ether oxygens (including phenoxy) is 4. The van der Waals surface area contributed by atoms with Crippen LogP contribution in [0.3, 0.4) is 0 Å². The van der Waals surface area contributed by atoms with E-state index < -0.39 is 97.5 Å². The van der Waals surface area contributed by atoms with Crippen molar-refractivity contribution < 1.29 is 80.2 Å². The minimum absolute atomic E-state index is 0.102. The Kier molecular flexibility index (Phi) is 60.2. The second kappa shape index (κ2) is 61.6. The van der Waals surface area contributed by atoms with Crippen molar-refractivity contribution in [3.8, 4) is 0 Å². The van der Waals surface area contributed by atoms with Gasteiger partial charge in [-0.2, -0.15) is 0 Å². The molecule has 0 saturated carbocycles. The zero-order chi connectivity index (χ0) is 64.2. The average Bonchev–Trinajstić information content (AvgIpc) is 3.57. The lowest BCUT2D eigenvalue weighted by atomic mass is 10.0. The topological polar surface area (TPSA) is 237 Å². The summed E-state index contributed by atoms with van der Waals surface area (Å²) in [5.41, 5.74) is 0. The third kappa shape index (κ3) is 62.6. The molecule has 0 radical (unpaired) electrons. The highest BCUT2D eigenvalue weighted by molar-refractivity contribution is 7.47. The summed E-state index contributed by atoms with van der Waals surface area (Å²) < 4.78 is 68.1. The van der Waals surface area contributed by atoms with E-state index in [-0.39, 0.29) is 25.7 Å². The van der Waals surface area contributed by atoms with E-state index in [4.69, 9.17) is 37.0 Å². The fourth-order valence-corrected chi connectivity index (χ4v) is 11.9. The van der Waals surface area contributed by atoms with Gasteiger partial charge in [-0.3, -0.25) is 37.3 Å². The zero-order valence-corrected chi connectivity index (χ0v) is 57.9. The molecule has 0 aromatic carbocycles. The van der Waals surface area contributed by atoms with E-state index in [0.717, 1.165) is 89.9 Å².